The molecule has 2 aromatic carbocycles. The highest BCUT2D eigenvalue weighted by atomic mass is 35.5. The fourth-order valence-electron chi connectivity index (χ4n) is 2.46. The third-order valence-corrected chi connectivity index (χ3v) is 4.23. The number of amides is 2. The smallest absolute Gasteiger partial charge is 0.274 e. The van der Waals surface area contributed by atoms with Gasteiger partial charge in [0.1, 0.15) is 5.69 Å². The van der Waals surface area contributed by atoms with Crippen LogP contribution in [0.3, 0.4) is 0 Å². The van der Waals surface area contributed by atoms with E-state index in [4.69, 9.17) is 11.6 Å². The maximum absolute atomic E-state index is 12.5. The van der Waals surface area contributed by atoms with Crippen molar-refractivity contribution in [3.05, 3.63) is 88.7 Å². The second kappa shape index (κ2) is 8.45. The average molecular weight is 394 g/mol. The van der Waals surface area contributed by atoms with Gasteiger partial charge in [-0.2, -0.15) is 0 Å². The van der Waals surface area contributed by atoms with Gasteiger partial charge in [0.05, 0.1) is 10.7 Å². The minimum Gasteiger partial charge on any atom is -0.321 e. The SMILES string of the molecule is CC(=O)c1cccc(NC(=O)c2cc(C(=O)Nc3ccccc3Cl)ccn2)c1. The van der Waals surface area contributed by atoms with Crippen molar-refractivity contribution in [2.24, 2.45) is 0 Å². The lowest BCUT2D eigenvalue weighted by Crippen LogP contribution is -2.17. The summed E-state index contributed by atoms with van der Waals surface area (Å²) < 4.78 is 0. The Bertz CT molecular complexity index is 1070. The third kappa shape index (κ3) is 4.61. The maximum Gasteiger partial charge on any atom is 0.274 e. The number of nitrogens with one attached hydrogen (secondary N) is 2. The van der Waals surface area contributed by atoms with Crippen LogP contribution in [0.2, 0.25) is 5.02 Å². The number of nitrogens with zero attached hydrogens (tertiary/aromatic N) is 1. The first-order valence-electron chi connectivity index (χ1n) is 8.38. The Kier molecular flexibility index (Phi) is 5.81. The van der Waals surface area contributed by atoms with E-state index in [0.29, 0.717) is 22.0 Å². The van der Waals surface area contributed by atoms with Gasteiger partial charge in [0.15, 0.2) is 5.78 Å². The van der Waals surface area contributed by atoms with E-state index in [1.807, 2.05) is 0 Å². The Morgan fingerprint density at radius 3 is 2.39 bits per heavy atom. The summed E-state index contributed by atoms with van der Waals surface area (Å²) in [6.45, 7) is 1.45. The Balaban J connectivity index is 1.76. The lowest BCUT2D eigenvalue weighted by Gasteiger charge is -2.09. The molecule has 0 atom stereocenters. The molecule has 7 heteroatoms. The van der Waals surface area contributed by atoms with Gasteiger partial charge in [0.2, 0.25) is 0 Å². The van der Waals surface area contributed by atoms with E-state index in [1.165, 1.54) is 25.3 Å². The molecule has 0 bridgehead atoms. The van der Waals surface area contributed by atoms with Crippen LogP contribution in [0.1, 0.15) is 38.1 Å². The summed E-state index contributed by atoms with van der Waals surface area (Å²) in [4.78, 5) is 40.4. The quantitative estimate of drug-likeness (QED) is 0.627. The van der Waals surface area contributed by atoms with Gasteiger partial charge in [-0.05, 0) is 43.3 Å². The van der Waals surface area contributed by atoms with Gasteiger partial charge in [0.25, 0.3) is 11.8 Å². The number of hydrogen-bond donors (Lipinski definition) is 2. The van der Waals surface area contributed by atoms with E-state index in [2.05, 4.69) is 15.6 Å². The number of Topliss-reactive ketones (excluding diaryl/α,β-unsaturated/α-hetero) is 1. The molecular formula is C21H16ClN3O3. The zero-order valence-corrected chi connectivity index (χ0v) is 15.7. The standard InChI is InChI=1S/C21H16ClN3O3/c1-13(26)14-5-4-6-16(11-14)24-21(28)19-12-15(9-10-23-19)20(27)25-18-8-3-2-7-17(18)22/h2-12H,1H3,(H,24,28)(H,25,27). The fraction of sp³-hybridized carbons (Fsp3) is 0.0476. The minimum absolute atomic E-state index is 0.0695. The summed E-state index contributed by atoms with van der Waals surface area (Å²) in [5, 5.41) is 5.78. The first kappa shape index (κ1) is 19.3. The predicted octanol–water partition coefficient (Wildman–Crippen LogP) is 4.44. The number of halogens is 1. The van der Waals surface area contributed by atoms with Crippen molar-refractivity contribution in [3.63, 3.8) is 0 Å². The van der Waals surface area contributed by atoms with Crippen LogP contribution in [0.4, 0.5) is 11.4 Å². The molecule has 3 rings (SSSR count). The topological polar surface area (TPSA) is 88.2 Å². The van der Waals surface area contributed by atoms with Gasteiger partial charge < -0.3 is 10.6 Å². The molecule has 0 unspecified atom stereocenters. The molecule has 140 valence electrons. The van der Waals surface area contributed by atoms with Crippen molar-refractivity contribution in [1.82, 2.24) is 4.98 Å². The highest BCUT2D eigenvalue weighted by Gasteiger charge is 2.14. The minimum atomic E-state index is -0.493. The van der Waals surface area contributed by atoms with Crippen LogP contribution in [-0.4, -0.2) is 22.6 Å². The van der Waals surface area contributed by atoms with E-state index < -0.39 is 11.8 Å². The number of ketones is 1. The number of benzene rings is 2. The van der Waals surface area contributed by atoms with Crippen LogP contribution >= 0.6 is 11.6 Å². The summed E-state index contributed by atoms with van der Waals surface area (Å²) in [7, 11) is 0. The van der Waals surface area contributed by atoms with E-state index in [-0.39, 0.29) is 17.0 Å². The number of pyridine rings is 1. The summed E-state index contributed by atoms with van der Waals surface area (Å²) in [6.07, 6.45) is 1.38. The first-order valence-corrected chi connectivity index (χ1v) is 8.76. The highest BCUT2D eigenvalue weighted by molar-refractivity contribution is 6.33. The third-order valence-electron chi connectivity index (χ3n) is 3.90. The van der Waals surface area contributed by atoms with Crippen LogP contribution in [0.5, 0.6) is 0 Å². The number of para-hydroxylation sites is 1. The largest absolute Gasteiger partial charge is 0.321 e. The van der Waals surface area contributed by atoms with Crippen molar-refractivity contribution < 1.29 is 14.4 Å². The monoisotopic (exact) mass is 393 g/mol. The van der Waals surface area contributed by atoms with Crippen molar-refractivity contribution >= 4 is 40.6 Å². The number of anilines is 2. The molecule has 6 nitrogen and oxygen atoms in total. The number of carbonyl (C=O) groups excluding carboxylic acids is 3. The molecule has 0 fully saturated rings. The van der Waals surface area contributed by atoms with Crippen molar-refractivity contribution in [3.8, 4) is 0 Å². The highest BCUT2D eigenvalue weighted by Crippen LogP contribution is 2.21. The van der Waals surface area contributed by atoms with Gasteiger partial charge in [-0.1, -0.05) is 35.9 Å². The zero-order chi connectivity index (χ0) is 20.1. The fourth-order valence-corrected chi connectivity index (χ4v) is 2.65. The van der Waals surface area contributed by atoms with Crippen LogP contribution in [-0.2, 0) is 0 Å². The molecule has 0 aliphatic carbocycles. The molecule has 2 N–H and O–H groups in total. The molecule has 1 heterocycles. The Hall–Kier alpha value is -3.51. The van der Waals surface area contributed by atoms with Gasteiger partial charge in [-0.15, -0.1) is 0 Å². The van der Waals surface area contributed by atoms with Crippen LogP contribution in [0.15, 0.2) is 66.9 Å². The Labute approximate surface area is 166 Å². The van der Waals surface area contributed by atoms with E-state index in [0.717, 1.165) is 0 Å². The molecule has 1 aromatic heterocycles. The first-order chi connectivity index (χ1) is 13.4. The second-order valence-corrected chi connectivity index (χ2v) is 6.36. The molecule has 0 radical (unpaired) electrons. The van der Waals surface area contributed by atoms with Crippen LogP contribution in [0, 0.1) is 0 Å². The van der Waals surface area contributed by atoms with Gasteiger partial charge in [0, 0.05) is 23.0 Å². The van der Waals surface area contributed by atoms with Gasteiger partial charge in [-0.25, -0.2) is 0 Å². The number of rotatable bonds is 5. The molecule has 28 heavy (non-hydrogen) atoms. The van der Waals surface area contributed by atoms with Crippen LogP contribution in [0.25, 0.3) is 0 Å². The Morgan fingerprint density at radius 1 is 0.857 bits per heavy atom. The average Bonchev–Trinajstić information content (AvgIpc) is 2.70. The van der Waals surface area contributed by atoms with Gasteiger partial charge in [-0.3, -0.25) is 19.4 Å². The number of aromatic nitrogens is 1. The zero-order valence-electron chi connectivity index (χ0n) is 14.9. The summed E-state index contributed by atoms with van der Waals surface area (Å²) >= 11 is 6.05. The summed E-state index contributed by atoms with van der Waals surface area (Å²) in [5.74, 6) is -1.01. The normalized spacial score (nSPS) is 10.2. The van der Waals surface area contributed by atoms with Crippen molar-refractivity contribution in [2.45, 2.75) is 6.92 Å². The molecule has 0 aliphatic rings. The number of hydrogen-bond acceptors (Lipinski definition) is 4. The molecule has 3 aromatic rings. The summed E-state index contributed by atoms with van der Waals surface area (Å²) in [5.41, 5.74) is 1.75. The number of carbonyl (C=O) groups is 3. The Morgan fingerprint density at radius 2 is 1.64 bits per heavy atom. The van der Waals surface area contributed by atoms with Crippen molar-refractivity contribution in [1.29, 1.82) is 0 Å². The predicted molar refractivity (Wildman–Crippen MR) is 108 cm³/mol. The lowest BCUT2D eigenvalue weighted by molar-refractivity contribution is 0.100. The molecule has 0 spiro atoms. The van der Waals surface area contributed by atoms with Gasteiger partial charge >= 0.3 is 0 Å². The maximum atomic E-state index is 12.5. The summed E-state index contributed by atoms with van der Waals surface area (Å²) in [6, 6.07) is 16.3. The molecule has 0 aliphatic heterocycles. The molecule has 0 saturated heterocycles. The molecule has 0 saturated carbocycles. The van der Waals surface area contributed by atoms with E-state index in [1.54, 1.807) is 48.5 Å². The van der Waals surface area contributed by atoms with Crippen LogP contribution < -0.4 is 10.6 Å². The second-order valence-electron chi connectivity index (χ2n) is 5.95. The molecular weight excluding hydrogens is 378 g/mol. The van der Waals surface area contributed by atoms with E-state index in [9.17, 15) is 14.4 Å². The lowest BCUT2D eigenvalue weighted by atomic mass is 10.1. The molecule has 2 amide bonds. The van der Waals surface area contributed by atoms with E-state index >= 15 is 0 Å². The van der Waals surface area contributed by atoms with Crippen molar-refractivity contribution in [2.75, 3.05) is 10.6 Å².